The Morgan fingerprint density at radius 2 is 1.96 bits per heavy atom. The second-order valence-corrected chi connectivity index (χ2v) is 4.25. The lowest BCUT2D eigenvalue weighted by Gasteiger charge is -2.12. The van der Waals surface area contributed by atoms with Crippen molar-refractivity contribution >= 4 is 5.91 Å². The van der Waals surface area contributed by atoms with Crippen LogP contribution in [0.1, 0.15) is 5.56 Å². The predicted molar refractivity (Wildman–Crippen MR) is 68.3 cm³/mol. The van der Waals surface area contributed by atoms with E-state index in [1.54, 1.807) is 0 Å². The number of nitrogens with one attached hydrogen (secondary N) is 1. The molecule has 130 valence electrons. The van der Waals surface area contributed by atoms with Gasteiger partial charge in [0.2, 0.25) is 5.91 Å². The van der Waals surface area contributed by atoms with Crippen LogP contribution in [0.2, 0.25) is 0 Å². The van der Waals surface area contributed by atoms with Crippen molar-refractivity contribution < 1.29 is 41.0 Å². The van der Waals surface area contributed by atoms with Crippen LogP contribution in [0.4, 0.5) is 22.0 Å². The van der Waals surface area contributed by atoms with Crippen molar-refractivity contribution in [3.63, 3.8) is 0 Å². The quantitative estimate of drug-likeness (QED) is 0.737. The maximum atomic E-state index is 12.3. The van der Waals surface area contributed by atoms with E-state index in [1.165, 1.54) is 25.3 Å². The van der Waals surface area contributed by atoms with Crippen LogP contribution >= 0.6 is 0 Å². The molecular weight excluding hydrogens is 329 g/mol. The van der Waals surface area contributed by atoms with Gasteiger partial charge in [-0.3, -0.25) is 4.79 Å². The summed E-state index contributed by atoms with van der Waals surface area (Å²) in [6, 6.07) is 4.06. The molecule has 0 spiro atoms. The highest BCUT2D eigenvalue weighted by Crippen LogP contribution is 2.29. The van der Waals surface area contributed by atoms with E-state index in [1.807, 2.05) is 0 Å². The van der Waals surface area contributed by atoms with Crippen LogP contribution in [0.3, 0.4) is 0 Å². The molecule has 0 aromatic heterocycles. The van der Waals surface area contributed by atoms with Crippen LogP contribution in [0, 0.1) is 0 Å². The molecule has 1 aromatic rings. The minimum atomic E-state index is -4.52. The molecule has 0 unspecified atom stereocenters. The molecule has 1 N–H and O–H groups in total. The predicted octanol–water partition coefficient (Wildman–Crippen LogP) is 2.49. The topological polar surface area (TPSA) is 56.8 Å². The van der Waals surface area contributed by atoms with Gasteiger partial charge in [-0.1, -0.05) is 6.07 Å². The molecule has 0 fully saturated rings. The van der Waals surface area contributed by atoms with E-state index in [9.17, 15) is 26.7 Å². The van der Waals surface area contributed by atoms with Gasteiger partial charge in [0.05, 0.1) is 7.11 Å². The average molecular weight is 343 g/mol. The van der Waals surface area contributed by atoms with Crippen molar-refractivity contribution in [2.45, 2.75) is 19.3 Å². The number of amides is 1. The monoisotopic (exact) mass is 343 g/mol. The lowest BCUT2D eigenvalue weighted by Crippen LogP contribution is -2.29. The summed E-state index contributed by atoms with van der Waals surface area (Å²) in [6.45, 7) is -5.45. The molecule has 23 heavy (non-hydrogen) atoms. The molecule has 10 heteroatoms. The van der Waals surface area contributed by atoms with Crippen molar-refractivity contribution in [2.75, 3.05) is 20.3 Å². The first kappa shape index (κ1) is 18.9. The molecule has 1 aromatic carbocycles. The summed E-state index contributed by atoms with van der Waals surface area (Å²) in [5, 5.41) is 2.29. The summed E-state index contributed by atoms with van der Waals surface area (Å²) in [6.07, 6.45) is -4.52. The lowest BCUT2D eigenvalue weighted by atomic mass is 10.2. The highest BCUT2D eigenvalue weighted by molar-refractivity contribution is 5.77. The van der Waals surface area contributed by atoms with Crippen LogP contribution in [0.15, 0.2) is 18.2 Å². The van der Waals surface area contributed by atoms with Crippen LogP contribution in [0.5, 0.6) is 11.5 Å². The van der Waals surface area contributed by atoms with Crippen molar-refractivity contribution in [2.24, 2.45) is 0 Å². The summed E-state index contributed by atoms with van der Waals surface area (Å²) >= 11 is 0. The van der Waals surface area contributed by atoms with E-state index in [2.05, 4.69) is 14.8 Å². The third-order valence-electron chi connectivity index (χ3n) is 2.43. The van der Waals surface area contributed by atoms with Gasteiger partial charge in [0, 0.05) is 6.54 Å². The third kappa shape index (κ3) is 7.63. The molecular formula is C13H14F5NO4. The van der Waals surface area contributed by atoms with Gasteiger partial charge in [0.25, 0.3) is 0 Å². The maximum absolute atomic E-state index is 12.3. The summed E-state index contributed by atoms with van der Waals surface area (Å²) in [4.78, 5) is 11.3. The van der Waals surface area contributed by atoms with Gasteiger partial charge >= 0.3 is 12.8 Å². The number of hydrogen-bond donors (Lipinski definition) is 1. The molecule has 0 bridgehead atoms. The second-order valence-electron chi connectivity index (χ2n) is 4.25. The number of methoxy groups -OCH3 is 1. The number of carbonyl (C=O) groups excluding carboxylic acids is 1. The zero-order chi connectivity index (χ0) is 17.5. The van der Waals surface area contributed by atoms with Gasteiger partial charge in [-0.2, -0.15) is 22.0 Å². The molecule has 5 nitrogen and oxygen atoms in total. The number of hydrogen-bond acceptors (Lipinski definition) is 4. The van der Waals surface area contributed by atoms with Crippen LogP contribution in [-0.4, -0.2) is 39.0 Å². The second kappa shape index (κ2) is 8.51. The van der Waals surface area contributed by atoms with Crippen LogP contribution in [0.25, 0.3) is 0 Å². The van der Waals surface area contributed by atoms with Crippen molar-refractivity contribution in [1.82, 2.24) is 5.32 Å². The zero-order valence-corrected chi connectivity index (χ0v) is 12.0. The van der Waals surface area contributed by atoms with E-state index < -0.39 is 31.9 Å². The van der Waals surface area contributed by atoms with Crippen molar-refractivity contribution in [3.05, 3.63) is 23.8 Å². The summed E-state index contributed by atoms with van der Waals surface area (Å²) in [5.74, 6) is -0.919. The van der Waals surface area contributed by atoms with Crippen molar-refractivity contribution in [3.8, 4) is 11.5 Å². The van der Waals surface area contributed by atoms with Gasteiger partial charge in [-0.15, -0.1) is 0 Å². The van der Waals surface area contributed by atoms with Gasteiger partial charge in [0.15, 0.2) is 11.5 Å². The Bertz CT molecular complexity index is 522. The first-order chi connectivity index (χ1) is 10.7. The molecule has 1 rings (SSSR count). The maximum Gasteiger partial charge on any atom is 0.411 e. The van der Waals surface area contributed by atoms with Crippen LogP contribution in [-0.2, 0) is 16.1 Å². The normalized spacial score (nSPS) is 11.4. The highest BCUT2D eigenvalue weighted by atomic mass is 19.4. The Kier molecular flexibility index (Phi) is 7.01. The fourth-order valence-corrected chi connectivity index (χ4v) is 1.53. The van der Waals surface area contributed by atoms with E-state index in [0.717, 1.165) is 0 Å². The standard InChI is InChI=1S/C13H14F5NO4/c1-21-9-3-2-8(4-10(9)23-12(14)15)5-19-11(20)6-22-7-13(16,17)18/h2-4,12H,5-7H2,1H3,(H,19,20). The van der Waals surface area contributed by atoms with Crippen molar-refractivity contribution in [1.29, 1.82) is 0 Å². The highest BCUT2D eigenvalue weighted by Gasteiger charge is 2.27. The minimum Gasteiger partial charge on any atom is -0.493 e. The Labute approximate surface area is 128 Å². The average Bonchev–Trinajstić information content (AvgIpc) is 2.43. The van der Waals surface area contributed by atoms with Gasteiger partial charge in [-0.05, 0) is 17.7 Å². The fraction of sp³-hybridized carbons (Fsp3) is 0.462. The number of rotatable bonds is 8. The van der Waals surface area contributed by atoms with Gasteiger partial charge in [-0.25, -0.2) is 0 Å². The third-order valence-corrected chi connectivity index (χ3v) is 2.43. The Morgan fingerprint density at radius 3 is 2.52 bits per heavy atom. The number of alkyl halides is 5. The summed E-state index contributed by atoms with van der Waals surface area (Å²) < 4.78 is 73.3. The molecule has 0 saturated heterocycles. The number of benzene rings is 1. The Balaban J connectivity index is 2.52. The Morgan fingerprint density at radius 1 is 1.26 bits per heavy atom. The lowest BCUT2D eigenvalue weighted by molar-refractivity contribution is -0.175. The van der Waals surface area contributed by atoms with E-state index in [4.69, 9.17) is 4.74 Å². The van der Waals surface area contributed by atoms with Gasteiger partial charge in [0.1, 0.15) is 13.2 Å². The molecule has 0 aliphatic rings. The smallest absolute Gasteiger partial charge is 0.411 e. The first-order valence-corrected chi connectivity index (χ1v) is 6.24. The number of ether oxygens (including phenoxy) is 3. The molecule has 0 saturated carbocycles. The molecule has 0 radical (unpaired) electrons. The van der Waals surface area contributed by atoms with Gasteiger partial charge < -0.3 is 19.5 Å². The van der Waals surface area contributed by atoms with E-state index in [0.29, 0.717) is 5.56 Å². The largest absolute Gasteiger partial charge is 0.493 e. The number of halogens is 5. The first-order valence-electron chi connectivity index (χ1n) is 6.24. The zero-order valence-electron chi connectivity index (χ0n) is 12.0. The molecule has 0 heterocycles. The SMILES string of the molecule is COc1ccc(CNC(=O)COCC(F)(F)F)cc1OC(F)F. The fourth-order valence-electron chi connectivity index (χ4n) is 1.53. The molecule has 0 atom stereocenters. The van der Waals surface area contributed by atoms with E-state index in [-0.39, 0.29) is 18.0 Å². The minimum absolute atomic E-state index is 0.0777. The Hall–Kier alpha value is -2.10. The van der Waals surface area contributed by atoms with E-state index >= 15 is 0 Å². The summed E-state index contributed by atoms with van der Waals surface area (Å²) in [5.41, 5.74) is 0.394. The molecule has 0 aliphatic carbocycles. The number of carbonyl (C=O) groups is 1. The summed E-state index contributed by atoms with van der Waals surface area (Å²) in [7, 11) is 1.27. The van der Waals surface area contributed by atoms with Crippen LogP contribution < -0.4 is 14.8 Å². The molecule has 1 amide bonds. The molecule has 0 aliphatic heterocycles.